The normalized spacial score (nSPS) is 12.6. The van der Waals surface area contributed by atoms with Crippen LogP contribution in [0, 0.1) is 13.8 Å². The molecule has 72 valence electrons. The molecule has 1 aromatic rings. The van der Waals surface area contributed by atoms with E-state index in [1.165, 1.54) is 0 Å². The average molecular weight is 180 g/mol. The Bertz CT molecular complexity index is 263. The fourth-order valence-electron chi connectivity index (χ4n) is 1.07. The van der Waals surface area contributed by atoms with Crippen LogP contribution in [0.4, 0.5) is 5.82 Å². The Kier molecular flexibility index (Phi) is 3.19. The molecule has 0 aliphatic rings. The third-order valence-electron chi connectivity index (χ3n) is 1.57. The third kappa shape index (κ3) is 3.38. The van der Waals surface area contributed by atoms with Crippen molar-refractivity contribution in [2.24, 2.45) is 5.73 Å². The van der Waals surface area contributed by atoms with Crippen molar-refractivity contribution in [3.8, 4) is 0 Å². The first-order valence-corrected chi connectivity index (χ1v) is 4.39. The molecule has 1 rings (SSSR count). The largest absolute Gasteiger partial charge is 0.368 e. The van der Waals surface area contributed by atoms with Gasteiger partial charge in [-0.15, -0.1) is 0 Å². The number of hydrogen-bond donors (Lipinski definition) is 2. The molecule has 1 unspecified atom stereocenters. The second-order valence-corrected chi connectivity index (χ2v) is 3.30. The van der Waals surface area contributed by atoms with Crippen LogP contribution in [0.25, 0.3) is 0 Å². The van der Waals surface area contributed by atoms with Gasteiger partial charge < -0.3 is 11.1 Å². The molecule has 1 atom stereocenters. The lowest BCUT2D eigenvalue weighted by molar-refractivity contribution is 0.775. The van der Waals surface area contributed by atoms with Gasteiger partial charge in [0.05, 0.1) is 0 Å². The van der Waals surface area contributed by atoms with Crippen LogP contribution >= 0.6 is 0 Å². The zero-order valence-electron chi connectivity index (χ0n) is 8.33. The molecule has 3 N–H and O–H groups in total. The highest BCUT2D eigenvalue weighted by atomic mass is 15.0. The molecule has 1 heterocycles. The number of nitrogens with zero attached hydrogens (tertiary/aromatic N) is 2. The van der Waals surface area contributed by atoms with Gasteiger partial charge in [0.25, 0.3) is 0 Å². The standard InChI is InChI=1S/C9H16N4/c1-6(10)5-11-9-4-7(2)12-8(3)13-9/h4,6H,5,10H2,1-3H3,(H,11,12,13). The number of hydrogen-bond acceptors (Lipinski definition) is 4. The summed E-state index contributed by atoms with van der Waals surface area (Å²) in [6, 6.07) is 2.05. The molecule has 0 radical (unpaired) electrons. The second kappa shape index (κ2) is 4.18. The van der Waals surface area contributed by atoms with E-state index in [1.807, 2.05) is 26.8 Å². The first-order chi connectivity index (χ1) is 6.08. The fraction of sp³-hybridized carbons (Fsp3) is 0.556. The Labute approximate surface area is 78.6 Å². The quantitative estimate of drug-likeness (QED) is 0.724. The van der Waals surface area contributed by atoms with Gasteiger partial charge in [0.2, 0.25) is 0 Å². The highest BCUT2D eigenvalue weighted by Gasteiger charge is 1.98. The van der Waals surface area contributed by atoms with E-state index < -0.39 is 0 Å². The molecule has 0 spiro atoms. The van der Waals surface area contributed by atoms with Crippen molar-refractivity contribution in [1.29, 1.82) is 0 Å². The average Bonchev–Trinajstić information content (AvgIpc) is 1.99. The van der Waals surface area contributed by atoms with E-state index in [0.29, 0.717) is 0 Å². The summed E-state index contributed by atoms with van der Waals surface area (Å²) in [5.74, 6) is 1.63. The van der Waals surface area contributed by atoms with Crippen LogP contribution < -0.4 is 11.1 Å². The molecule has 0 aliphatic carbocycles. The number of aromatic nitrogens is 2. The van der Waals surface area contributed by atoms with Gasteiger partial charge >= 0.3 is 0 Å². The van der Waals surface area contributed by atoms with Crippen LogP contribution in [0.3, 0.4) is 0 Å². The van der Waals surface area contributed by atoms with Crippen molar-refractivity contribution in [1.82, 2.24) is 9.97 Å². The van der Waals surface area contributed by atoms with Crippen LogP contribution in [0.5, 0.6) is 0 Å². The number of rotatable bonds is 3. The van der Waals surface area contributed by atoms with E-state index in [4.69, 9.17) is 5.73 Å². The summed E-state index contributed by atoms with van der Waals surface area (Å²) in [4.78, 5) is 8.41. The highest BCUT2D eigenvalue weighted by molar-refractivity contribution is 5.35. The summed E-state index contributed by atoms with van der Waals surface area (Å²) in [5, 5.41) is 3.15. The SMILES string of the molecule is Cc1cc(NCC(C)N)nc(C)n1. The minimum Gasteiger partial charge on any atom is -0.368 e. The number of nitrogens with two attached hydrogens (primary N) is 1. The Morgan fingerprint density at radius 1 is 1.46 bits per heavy atom. The Morgan fingerprint density at radius 2 is 2.15 bits per heavy atom. The lowest BCUT2D eigenvalue weighted by Crippen LogP contribution is -2.25. The summed E-state index contributed by atoms with van der Waals surface area (Å²) in [6.45, 7) is 6.51. The molecule has 1 aromatic heterocycles. The Morgan fingerprint density at radius 3 is 2.69 bits per heavy atom. The molecule has 0 saturated carbocycles. The fourth-order valence-corrected chi connectivity index (χ4v) is 1.07. The smallest absolute Gasteiger partial charge is 0.129 e. The lowest BCUT2D eigenvalue weighted by atomic mass is 10.3. The van der Waals surface area contributed by atoms with E-state index >= 15 is 0 Å². The molecule has 13 heavy (non-hydrogen) atoms. The topological polar surface area (TPSA) is 63.8 Å². The molecule has 0 fully saturated rings. The molecule has 0 amide bonds. The van der Waals surface area contributed by atoms with E-state index in [9.17, 15) is 0 Å². The predicted octanol–water partition coefficient (Wildman–Crippen LogP) is 0.853. The molecule has 0 bridgehead atoms. The summed E-state index contributed by atoms with van der Waals surface area (Å²) in [6.07, 6.45) is 0. The Balaban J connectivity index is 2.66. The van der Waals surface area contributed by atoms with Crippen LogP contribution in [0.15, 0.2) is 6.07 Å². The summed E-state index contributed by atoms with van der Waals surface area (Å²) < 4.78 is 0. The van der Waals surface area contributed by atoms with E-state index in [0.717, 1.165) is 23.9 Å². The van der Waals surface area contributed by atoms with Crippen molar-refractivity contribution in [3.63, 3.8) is 0 Å². The maximum Gasteiger partial charge on any atom is 0.129 e. The molecule has 4 heteroatoms. The molecular weight excluding hydrogens is 164 g/mol. The maximum atomic E-state index is 5.61. The Hall–Kier alpha value is -1.16. The van der Waals surface area contributed by atoms with E-state index in [1.54, 1.807) is 0 Å². The third-order valence-corrected chi connectivity index (χ3v) is 1.57. The van der Waals surface area contributed by atoms with Crippen molar-refractivity contribution in [2.75, 3.05) is 11.9 Å². The number of nitrogens with one attached hydrogen (secondary N) is 1. The number of aryl methyl sites for hydroxylation is 2. The van der Waals surface area contributed by atoms with Crippen molar-refractivity contribution < 1.29 is 0 Å². The number of anilines is 1. The van der Waals surface area contributed by atoms with Gasteiger partial charge in [-0.05, 0) is 20.8 Å². The zero-order chi connectivity index (χ0) is 9.84. The predicted molar refractivity (Wildman–Crippen MR) is 53.6 cm³/mol. The van der Waals surface area contributed by atoms with Crippen LogP contribution in [-0.2, 0) is 0 Å². The highest BCUT2D eigenvalue weighted by Crippen LogP contribution is 2.04. The van der Waals surface area contributed by atoms with Crippen molar-refractivity contribution in [2.45, 2.75) is 26.8 Å². The zero-order valence-corrected chi connectivity index (χ0v) is 8.33. The van der Waals surface area contributed by atoms with E-state index in [-0.39, 0.29) is 6.04 Å². The minimum absolute atomic E-state index is 0.135. The first-order valence-electron chi connectivity index (χ1n) is 4.39. The van der Waals surface area contributed by atoms with Gasteiger partial charge in [-0.1, -0.05) is 0 Å². The maximum absolute atomic E-state index is 5.61. The first kappa shape index (κ1) is 9.92. The van der Waals surface area contributed by atoms with Gasteiger partial charge in [0, 0.05) is 24.3 Å². The lowest BCUT2D eigenvalue weighted by Gasteiger charge is -2.08. The van der Waals surface area contributed by atoms with Crippen molar-refractivity contribution in [3.05, 3.63) is 17.6 Å². The minimum atomic E-state index is 0.135. The molecule has 0 aliphatic heterocycles. The van der Waals surface area contributed by atoms with Gasteiger partial charge in [0.15, 0.2) is 0 Å². The molecule has 0 saturated heterocycles. The van der Waals surface area contributed by atoms with Crippen LogP contribution in [0.2, 0.25) is 0 Å². The van der Waals surface area contributed by atoms with Crippen molar-refractivity contribution >= 4 is 5.82 Å². The molecular formula is C9H16N4. The van der Waals surface area contributed by atoms with Gasteiger partial charge in [-0.2, -0.15) is 0 Å². The second-order valence-electron chi connectivity index (χ2n) is 3.30. The summed E-state index contributed by atoms with van der Waals surface area (Å²) in [5.41, 5.74) is 6.58. The van der Waals surface area contributed by atoms with Crippen LogP contribution in [0.1, 0.15) is 18.4 Å². The summed E-state index contributed by atoms with van der Waals surface area (Å²) in [7, 11) is 0. The summed E-state index contributed by atoms with van der Waals surface area (Å²) >= 11 is 0. The molecule has 0 aromatic carbocycles. The van der Waals surface area contributed by atoms with Gasteiger partial charge in [-0.3, -0.25) is 0 Å². The van der Waals surface area contributed by atoms with Gasteiger partial charge in [0.1, 0.15) is 11.6 Å². The van der Waals surface area contributed by atoms with E-state index in [2.05, 4.69) is 15.3 Å². The van der Waals surface area contributed by atoms with Crippen LogP contribution in [-0.4, -0.2) is 22.6 Å². The monoisotopic (exact) mass is 180 g/mol. The van der Waals surface area contributed by atoms with Gasteiger partial charge in [-0.25, -0.2) is 9.97 Å². The molecule has 4 nitrogen and oxygen atoms in total.